The van der Waals surface area contributed by atoms with E-state index in [1.165, 1.54) is 179 Å². The van der Waals surface area contributed by atoms with Gasteiger partial charge in [-0.3, -0.25) is 0 Å². The first kappa shape index (κ1) is 79.3. The molecule has 8 heterocycles. The van der Waals surface area contributed by atoms with Crippen LogP contribution in [0.15, 0.2) is 382 Å². The number of rotatable bonds is 0. The lowest BCUT2D eigenvalue weighted by atomic mass is 10.1. The molecule has 0 aliphatic rings. The van der Waals surface area contributed by atoms with E-state index in [2.05, 4.69) is 342 Å². The highest BCUT2D eigenvalue weighted by Crippen LogP contribution is 2.40. The van der Waals surface area contributed by atoms with Crippen molar-refractivity contribution in [1.29, 1.82) is 0 Å². The third kappa shape index (κ3) is 17.1. The molecule has 25 rings (SSSR count). The van der Waals surface area contributed by atoms with Crippen molar-refractivity contribution in [3.8, 4) is 0 Å². The van der Waals surface area contributed by atoms with Gasteiger partial charge in [0, 0.05) is 124 Å². The fraction of sp³-hybridized carbons (Fsp3) is 0.0893. The maximum absolute atomic E-state index is 5.78. The first-order valence-corrected chi connectivity index (χ1v) is 43.9. The van der Waals surface area contributed by atoms with Crippen LogP contribution in [-0.2, 0) is 0 Å². The minimum Gasteiger partial charge on any atom is -0.456 e. The van der Waals surface area contributed by atoms with Gasteiger partial charge < -0.3 is 17.7 Å². The summed E-state index contributed by atoms with van der Waals surface area (Å²) in [6, 6.07) is 127. The van der Waals surface area contributed by atoms with Gasteiger partial charge in [-0.05, 0) is 200 Å². The third-order valence-electron chi connectivity index (χ3n) is 21.8. The van der Waals surface area contributed by atoms with Crippen LogP contribution in [0.3, 0.4) is 0 Å². The molecule has 4 nitrogen and oxygen atoms in total. The molecule has 0 saturated heterocycles. The molecule has 8 aromatic heterocycles. The Bertz CT molecular complexity index is 7420. The number of benzene rings is 17. The van der Waals surface area contributed by atoms with Gasteiger partial charge in [-0.2, -0.15) is 0 Å². The third-order valence-corrected chi connectivity index (χ3v) is 26.5. The van der Waals surface area contributed by atoms with Crippen molar-refractivity contribution in [1.82, 2.24) is 0 Å². The Morgan fingerprint density at radius 1 is 0.158 bits per heavy atom. The highest BCUT2D eigenvalue weighted by molar-refractivity contribution is 7.27. The van der Waals surface area contributed by atoms with Crippen molar-refractivity contribution in [3.63, 3.8) is 0 Å². The molecule has 0 aliphatic heterocycles. The highest BCUT2D eigenvalue weighted by atomic mass is 32.1. The highest BCUT2D eigenvalue weighted by Gasteiger charge is 2.13. The molecule has 0 amide bonds. The van der Waals surface area contributed by atoms with E-state index in [-0.39, 0.29) is 0 Å². The summed E-state index contributed by atoms with van der Waals surface area (Å²) in [6.07, 6.45) is 0. The van der Waals surface area contributed by atoms with Crippen LogP contribution in [-0.4, -0.2) is 0 Å². The lowest BCUT2D eigenvalue weighted by Crippen LogP contribution is -1.72. The average Bonchev–Trinajstić information content (AvgIpc) is 1.62. The molecule has 586 valence electrons. The smallest absolute Gasteiger partial charge is 0.138 e. The van der Waals surface area contributed by atoms with Crippen molar-refractivity contribution in [2.24, 2.45) is 0 Å². The summed E-state index contributed by atoms with van der Waals surface area (Å²) < 4.78 is 34.1. The quantitative estimate of drug-likeness (QED) is 0.152. The number of fused-ring (bicyclic) bond motifs is 24. The molecule has 0 unspecified atom stereocenters. The zero-order chi connectivity index (χ0) is 82.3. The molecular weight excluding hydrogens is 1540 g/mol. The molecule has 0 radical (unpaired) electrons. The molecule has 17 aromatic carbocycles. The summed E-state index contributed by atoms with van der Waals surface area (Å²) in [7, 11) is 0. The van der Waals surface area contributed by atoms with Crippen LogP contribution in [0.2, 0.25) is 0 Å². The zero-order valence-corrected chi connectivity index (χ0v) is 72.2. The van der Waals surface area contributed by atoms with E-state index < -0.39 is 0 Å². The van der Waals surface area contributed by atoms with Crippen molar-refractivity contribution in [2.75, 3.05) is 0 Å². The van der Waals surface area contributed by atoms with Gasteiger partial charge >= 0.3 is 0 Å². The van der Waals surface area contributed by atoms with Gasteiger partial charge in [-0.15, -0.1) is 45.3 Å². The Balaban J connectivity index is 0.0000000966. The van der Waals surface area contributed by atoms with E-state index in [9.17, 15) is 0 Å². The molecular formula is C112H90O4S4. The molecule has 0 aliphatic carbocycles. The minimum atomic E-state index is 0.966. The van der Waals surface area contributed by atoms with Crippen molar-refractivity contribution in [3.05, 3.63) is 420 Å². The van der Waals surface area contributed by atoms with Gasteiger partial charge in [0.15, 0.2) is 0 Å². The van der Waals surface area contributed by atoms with Crippen molar-refractivity contribution >= 4 is 214 Å². The van der Waals surface area contributed by atoms with E-state index in [1.807, 2.05) is 136 Å². The van der Waals surface area contributed by atoms with Gasteiger partial charge in [-0.25, -0.2) is 0 Å². The van der Waals surface area contributed by atoms with Gasteiger partial charge in [-0.1, -0.05) is 289 Å². The summed E-state index contributed by atoms with van der Waals surface area (Å²) in [5.74, 6) is 0. The average molecular weight is 1630 g/mol. The van der Waals surface area contributed by atoms with Gasteiger partial charge in [0.2, 0.25) is 0 Å². The predicted octanol–water partition coefficient (Wildman–Crippen LogP) is 35.3. The molecule has 0 saturated carbocycles. The largest absolute Gasteiger partial charge is 0.456 e. The lowest BCUT2D eigenvalue weighted by molar-refractivity contribution is 0.665. The van der Waals surface area contributed by atoms with E-state index >= 15 is 0 Å². The Morgan fingerprint density at radius 3 is 1.13 bits per heavy atom. The second kappa shape index (κ2) is 35.6. The van der Waals surface area contributed by atoms with Crippen LogP contribution >= 0.6 is 45.3 Å². The van der Waals surface area contributed by atoms with E-state index in [0.717, 1.165) is 44.7 Å². The number of aryl methyl sites for hydroxylation is 10. The Labute approximate surface area is 714 Å². The summed E-state index contributed by atoms with van der Waals surface area (Å²) in [4.78, 5) is 0. The number of furan rings is 4. The summed E-state index contributed by atoms with van der Waals surface area (Å²) in [5.41, 5.74) is 20.9. The molecule has 120 heavy (non-hydrogen) atoms. The first-order chi connectivity index (χ1) is 58.6. The molecule has 0 spiro atoms. The molecule has 25 aromatic rings. The molecule has 0 bridgehead atoms. The second-order valence-corrected chi connectivity index (χ2v) is 35.0. The Hall–Kier alpha value is -13.2. The lowest BCUT2D eigenvalue weighted by Gasteiger charge is -1.95. The van der Waals surface area contributed by atoms with Gasteiger partial charge in [0.05, 0.1) is 0 Å². The van der Waals surface area contributed by atoms with Crippen molar-refractivity contribution < 1.29 is 17.7 Å². The van der Waals surface area contributed by atoms with Crippen LogP contribution in [0.5, 0.6) is 0 Å². The van der Waals surface area contributed by atoms with Crippen LogP contribution in [0.25, 0.3) is 168 Å². The number of hydrogen-bond donors (Lipinski definition) is 0. The van der Waals surface area contributed by atoms with Crippen LogP contribution in [0, 0.1) is 69.2 Å². The Kier molecular flexibility index (Phi) is 23.5. The number of thiophene rings is 4. The first-order valence-electron chi connectivity index (χ1n) is 40.6. The summed E-state index contributed by atoms with van der Waals surface area (Å²) >= 11 is 7.51. The van der Waals surface area contributed by atoms with E-state index in [1.54, 1.807) is 0 Å². The predicted molar refractivity (Wildman–Crippen MR) is 526 cm³/mol. The van der Waals surface area contributed by atoms with E-state index in [0.29, 0.717) is 0 Å². The van der Waals surface area contributed by atoms with E-state index in [4.69, 9.17) is 17.7 Å². The summed E-state index contributed by atoms with van der Waals surface area (Å²) in [5, 5.41) is 20.8. The Morgan fingerprint density at radius 2 is 0.492 bits per heavy atom. The molecule has 0 fully saturated rings. The maximum atomic E-state index is 5.78. The van der Waals surface area contributed by atoms with Crippen LogP contribution in [0.4, 0.5) is 0 Å². The fourth-order valence-corrected chi connectivity index (χ4v) is 20.3. The standard InChI is InChI=1S/4C13H10O.4C13H10S.C8H10/c1-9-5-4-7-11-10-6-2-3-8-12(10)14-13(9)11;1-9-5-4-8-12-13(9)10-6-2-3-7-11(10)14-12;1-9-6-7-13-11(8-9)10-4-2-3-5-12(10)14-13;1-9-6-7-11-10-4-2-3-5-12(10)14-13(11)8-9;1-9-5-4-7-11-10-6-2-3-8-12(10)14-13(9)11;1-9-5-4-8-12-13(9)10-6-2-3-7-11(10)14-12;1-9-6-7-13-11(8-9)10-4-2-3-5-12(10)14-13;1-9-6-7-11-10-4-2-3-5-12(10)14-13(11)8-9;1-7-3-5-8(2)6-4-7/h8*2-8H,1H3;3-6H,1-2H3. The number of para-hydroxylation sites is 5. The number of hydrogen-bond acceptors (Lipinski definition) is 8. The van der Waals surface area contributed by atoms with Crippen LogP contribution < -0.4 is 0 Å². The maximum Gasteiger partial charge on any atom is 0.138 e. The second-order valence-electron chi connectivity index (χ2n) is 30.7. The fourth-order valence-electron chi connectivity index (χ4n) is 15.7. The van der Waals surface area contributed by atoms with Crippen molar-refractivity contribution in [2.45, 2.75) is 69.2 Å². The minimum absolute atomic E-state index is 0.966. The van der Waals surface area contributed by atoms with Gasteiger partial charge in [0.25, 0.3) is 0 Å². The summed E-state index contributed by atoms with van der Waals surface area (Å²) in [6.45, 7) is 21.2. The SMILES string of the molecule is Cc1ccc(C)cc1.Cc1ccc2c(c1)oc1ccccc12.Cc1ccc2c(c1)sc1ccccc12.Cc1ccc2oc3ccccc3c2c1.Cc1ccc2sc3ccccc3c2c1.Cc1cccc2c1oc1ccccc12.Cc1cccc2c1sc1ccccc12.Cc1cccc2oc3ccccc3c12.Cc1cccc2sc3ccccc3c12. The topological polar surface area (TPSA) is 52.6 Å². The molecule has 0 N–H and O–H groups in total. The van der Waals surface area contributed by atoms with Gasteiger partial charge in [0.1, 0.15) is 44.7 Å². The zero-order valence-electron chi connectivity index (χ0n) is 68.9. The molecule has 0 atom stereocenters. The normalized spacial score (nSPS) is 11.1. The van der Waals surface area contributed by atoms with Crippen LogP contribution in [0.1, 0.15) is 55.6 Å². The monoisotopic (exact) mass is 1630 g/mol. The molecule has 8 heteroatoms.